The van der Waals surface area contributed by atoms with Crippen LogP contribution in [-0.2, 0) is 29.5 Å². The fourth-order valence-corrected chi connectivity index (χ4v) is 4.98. The lowest BCUT2D eigenvalue weighted by molar-refractivity contribution is -0.155. The van der Waals surface area contributed by atoms with Crippen molar-refractivity contribution in [3.8, 4) is 0 Å². The van der Waals surface area contributed by atoms with Crippen LogP contribution in [0, 0.1) is 0 Å². The molecule has 0 aliphatic heterocycles. The van der Waals surface area contributed by atoms with Gasteiger partial charge >= 0.3 is 18.2 Å². The summed E-state index contributed by atoms with van der Waals surface area (Å²) in [5, 5.41) is 0. The van der Waals surface area contributed by atoms with Crippen molar-refractivity contribution in [2.75, 3.05) is 14.2 Å². The maximum atomic E-state index is 13.8. The highest BCUT2D eigenvalue weighted by Gasteiger charge is 2.60. The van der Waals surface area contributed by atoms with Crippen molar-refractivity contribution < 1.29 is 33.3 Å². The van der Waals surface area contributed by atoms with Crippen molar-refractivity contribution in [2.24, 2.45) is 0 Å². The van der Waals surface area contributed by atoms with E-state index in [1.54, 1.807) is 65.8 Å². The van der Waals surface area contributed by atoms with Crippen molar-refractivity contribution in [3.05, 3.63) is 71.8 Å². The van der Waals surface area contributed by atoms with Crippen molar-refractivity contribution in [1.82, 2.24) is 4.90 Å². The molecule has 0 saturated carbocycles. The molecule has 2 amide bonds. The van der Waals surface area contributed by atoms with E-state index in [9.17, 15) is 14.4 Å². The van der Waals surface area contributed by atoms with Gasteiger partial charge in [0, 0.05) is 12.9 Å². The minimum absolute atomic E-state index is 0.241. The fraction of sp³-hybridized carbons (Fsp3) is 0.464. The highest BCUT2D eigenvalue weighted by Crippen LogP contribution is 2.47. The maximum absolute atomic E-state index is 13.8. The zero-order valence-electron chi connectivity index (χ0n) is 22.8. The molecule has 0 bridgehead atoms. The van der Waals surface area contributed by atoms with Gasteiger partial charge in [0.2, 0.25) is 4.87 Å². The molecule has 0 radical (unpaired) electrons. The summed E-state index contributed by atoms with van der Waals surface area (Å²) in [5.41, 5.74) is -0.540. The number of imide groups is 1. The highest BCUT2D eigenvalue weighted by atomic mass is 32.2. The molecule has 37 heavy (non-hydrogen) atoms. The van der Waals surface area contributed by atoms with Crippen LogP contribution in [0.15, 0.2) is 60.7 Å². The van der Waals surface area contributed by atoms with E-state index in [0.29, 0.717) is 10.5 Å². The number of carbonyl (C=O) groups is 3. The van der Waals surface area contributed by atoms with Gasteiger partial charge in [0.05, 0.1) is 7.11 Å². The van der Waals surface area contributed by atoms with Crippen molar-refractivity contribution in [3.63, 3.8) is 0 Å². The number of thioether (sulfide) groups is 1. The van der Waals surface area contributed by atoms with E-state index in [4.69, 9.17) is 18.9 Å². The molecule has 9 heteroatoms. The zero-order chi connectivity index (χ0) is 27.9. The van der Waals surface area contributed by atoms with Gasteiger partial charge in [-0.15, -0.1) is 11.8 Å². The molecule has 2 unspecified atom stereocenters. The van der Waals surface area contributed by atoms with Gasteiger partial charge in [-0.25, -0.2) is 14.4 Å². The summed E-state index contributed by atoms with van der Waals surface area (Å²) in [7, 11) is 2.60. The first-order valence-electron chi connectivity index (χ1n) is 11.9. The minimum Gasteiger partial charge on any atom is -0.467 e. The number of amides is 2. The lowest BCUT2D eigenvalue weighted by Crippen LogP contribution is -2.62. The van der Waals surface area contributed by atoms with Gasteiger partial charge < -0.3 is 18.9 Å². The van der Waals surface area contributed by atoms with Crippen molar-refractivity contribution >= 4 is 29.9 Å². The largest absolute Gasteiger partial charge is 0.467 e. The summed E-state index contributed by atoms with van der Waals surface area (Å²) in [6.45, 7) is 10.0. The van der Waals surface area contributed by atoms with Gasteiger partial charge in [0.1, 0.15) is 17.3 Å². The van der Waals surface area contributed by atoms with Crippen LogP contribution in [0.1, 0.15) is 58.8 Å². The molecule has 2 rings (SSSR count). The summed E-state index contributed by atoms with van der Waals surface area (Å²) >= 11 is 1.02. The Morgan fingerprint density at radius 2 is 1.24 bits per heavy atom. The summed E-state index contributed by atoms with van der Waals surface area (Å²) in [6.07, 6.45) is -3.26. The van der Waals surface area contributed by atoms with Gasteiger partial charge in [0.15, 0.2) is 0 Å². The molecule has 0 N–H and O–H groups in total. The van der Waals surface area contributed by atoms with Gasteiger partial charge in [-0.1, -0.05) is 60.7 Å². The molecule has 0 aliphatic rings. The molecule has 2 atom stereocenters. The second kappa shape index (κ2) is 12.5. The smallest absolute Gasteiger partial charge is 0.421 e. The number of carbonyl (C=O) groups excluding carboxylic acids is 3. The molecule has 0 fully saturated rings. The first-order valence-corrected chi connectivity index (χ1v) is 12.8. The lowest BCUT2D eigenvalue weighted by atomic mass is 10.00. The number of methoxy groups -OCH3 is 2. The molecule has 2 aromatic rings. The summed E-state index contributed by atoms with van der Waals surface area (Å²) in [4.78, 5) is 40.0. The van der Waals surface area contributed by atoms with Crippen LogP contribution in [0.25, 0.3) is 0 Å². The standard InChI is InChI=1S/C28H37NO7S/c1-26(2,3)35-24(31)29(25(32)36-27(4,5)6)28(23(30)34-8,37-19-20-15-11-9-12-16-20)22(33-7)21-17-13-10-14-18-21/h9-18,22H,19H2,1-8H3. The third-order valence-corrected chi connectivity index (χ3v) is 6.44. The third-order valence-electron chi connectivity index (χ3n) is 4.96. The number of rotatable bonds is 8. The fourth-order valence-electron chi connectivity index (χ4n) is 3.54. The number of esters is 1. The molecular formula is C28H37NO7S. The van der Waals surface area contributed by atoms with Crippen LogP contribution < -0.4 is 0 Å². The second-order valence-corrected chi connectivity index (χ2v) is 11.5. The van der Waals surface area contributed by atoms with Crippen LogP contribution >= 0.6 is 11.8 Å². The van der Waals surface area contributed by atoms with Crippen molar-refractivity contribution in [1.29, 1.82) is 0 Å². The summed E-state index contributed by atoms with van der Waals surface area (Å²) in [6, 6.07) is 18.2. The van der Waals surface area contributed by atoms with E-state index >= 15 is 0 Å². The van der Waals surface area contributed by atoms with Gasteiger partial charge in [-0.2, -0.15) is 4.90 Å². The molecule has 8 nitrogen and oxygen atoms in total. The normalized spacial score (nSPS) is 14.2. The van der Waals surface area contributed by atoms with Crippen LogP contribution in [-0.4, -0.2) is 53.3 Å². The van der Waals surface area contributed by atoms with E-state index in [0.717, 1.165) is 17.3 Å². The Morgan fingerprint density at radius 3 is 1.65 bits per heavy atom. The Morgan fingerprint density at radius 1 is 0.784 bits per heavy atom. The van der Waals surface area contributed by atoms with Crippen LogP contribution in [0.3, 0.4) is 0 Å². The third kappa shape index (κ3) is 7.97. The number of hydrogen-bond acceptors (Lipinski definition) is 8. The predicted octanol–water partition coefficient (Wildman–Crippen LogP) is 6.35. The van der Waals surface area contributed by atoms with Gasteiger partial charge in [0.25, 0.3) is 0 Å². The van der Waals surface area contributed by atoms with Gasteiger partial charge in [-0.05, 0) is 52.7 Å². The second-order valence-electron chi connectivity index (χ2n) is 10.3. The topological polar surface area (TPSA) is 91.4 Å². The van der Waals surface area contributed by atoms with E-state index in [2.05, 4.69) is 0 Å². The van der Waals surface area contributed by atoms with E-state index in [1.807, 2.05) is 36.4 Å². The molecular weight excluding hydrogens is 494 g/mol. The number of benzene rings is 2. The molecule has 202 valence electrons. The Balaban J connectivity index is 2.84. The maximum Gasteiger partial charge on any atom is 0.421 e. The first-order chi connectivity index (χ1) is 17.2. The molecule has 0 aliphatic carbocycles. The molecule has 0 aromatic heterocycles. The Hall–Kier alpha value is -3.04. The van der Waals surface area contributed by atoms with Crippen LogP contribution in [0.4, 0.5) is 9.59 Å². The monoisotopic (exact) mass is 531 g/mol. The number of ether oxygens (including phenoxy) is 4. The summed E-state index contributed by atoms with van der Waals surface area (Å²) < 4.78 is 22.4. The quantitative estimate of drug-likeness (QED) is 0.221. The number of nitrogens with zero attached hydrogens (tertiary/aromatic N) is 1. The molecule has 0 saturated heterocycles. The SMILES string of the molecule is COC(=O)C(SCc1ccccc1)(C(OC)c1ccccc1)N(C(=O)OC(C)(C)C)C(=O)OC(C)(C)C. The van der Waals surface area contributed by atoms with Gasteiger partial charge in [-0.3, -0.25) is 0 Å². The number of hydrogen-bond donors (Lipinski definition) is 0. The molecule has 2 aromatic carbocycles. The molecule has 0 heterocycles. The van der Waals surface area contributed by atoms with E-state index in [-0.39, 0.29) is 5.75 Å². The Bertz CT molecular complexity index is 1020. The van der Waals surface area contributed by atoms with Crippen LogP contribution in [0.5, 0.6) is 0 Å². The van der Waals surface area contributed by atoms with E-state index < -0.39 is 40.3 Å². The molecule has 0 spiro atoms. The first kappa shape index (κ1) is 30.2. The zero-order valence-corrected chi connectivity index (χ0v) is 23.6. The van der Waals surface area contributed by atoms with Crippen molar-refractivity contribution in [2.45, 2.75) is 69.5 Å². The average molecular weight is 532 g/mol. The Labute approximate surface area is 223 Å². The average Bonchev–Trinajstić information content (AvgIpc) is 2.81. The Kier molecular flexibility index (Phi) is 10.2. The minimum atomic E-state index is -2.05. The van der Waals surface area contributed by atoms with E-state index in [1.165, 1.54) is 14.2 Å². The summed E-state index contributed by atoms with van der Waals surface area (Å²) in [5.74, 6) is -0.633. The lowest BCUT2D eigenvalue weighted by Gasteiger charge is -2.43. The highest BCUT2D eigenvalue weighted by molar-refractivity contribution is 8.00. The predicted molar refractivity (Wildman–Crippen MR) is 143 cm³/mol. The van der Waals surface area contributed by atoms with Crippen LogP contribution in [0.2, 0.25) is 0 Å².